The van der Waals surface area contributed by atoms with Crippen LogP contribution in [0.5, 0.6) is 5.75 Å². The standard InChI is InChI=1S/C11H10O2/c1-12-13-11-7-6-9-4-2-3-5-10(9)8-11/h2-8H,1H3. The third-order valence-electron chi connectivity index (χ3n) is 1.90. The monoisotopic (exact) mass is 174 g/mol. The van der Waals surface area contributed by atoms with E-state index in [0.717, 1.165) is 11.1 Å². The summed E-state index contributed by atoms with van der Waals surface area (Å²) in [6, 6.07) is 13.9. The van der Waals surface area contributed by atoms with E-state index >= 15 is 0 Å². The van der Waals surface area contributed by atoms with E-state index in [4.69, 9.17) is 4.89 Å². The van der Waals surface area contributed by atoms with Crippen molar-refractivity contribution in [3.05, 3.63) is 42.5 Å². The van der Waals surface area contributed by atoms with E-state index in [1.807, 2.05) is 36.4 Å². The number of fused-ring (bicyclic) bond motifs is 1. The maximum absolute atomic E-state index is 4.91. The van der Waals surface area contributed by atoms with E-state index in [1.54, 1.807) is 0 Å². The summed E-state index contributed by atoms with van der Waals surface area (Å²) in [5, 5.41) is 2.35. The molecule has 0 saturated carbocycles. The lowest BCUT2D eigenvalue weighted by Gasteiger charge is -2.01. The summed E-state index contributed by atoms with van der Waals surface area (Å²) in [4.78, 5) is 9.49. The average Bonchev–Trinajstić information content (AvgIpc) is 2.18. The molecule has 0 unspecified atom stereocenters. The average molecular weight is 174 g/mol. The van der Waals surface area contributed by atoms with Crippen molar-refractivity contribution in [3.63, 3.8) is 0 Å². The van der Waals surface area contributed by atoms with Crippen LogP contribution < -0.4 is 4.89 Å². The Hall–Kier alpha value is -1.54. The van der Waals surface area contributed by atoms with Gasteiger partial charge in [-0.25, -0.2) is 0 Å². The summed E-state index contributed by atoms with van der Waals surface area (Å²) in [6.45, 7) is 0. The Balaban J connectivity index is 2.49. The predicted octanol–water partition coefficient (Wildman–Crippen LogP) is 2.78. The molecule has 2 heteroatoms. The van der Waals surface area contributed by atoms with E-state index < -0.39 is 0 Å². The molecule has 0 aromatic heterocycles. The van der Waals surface area contributed by atoms with Gasteiger partial charge in [0.25, 0.3) is 0 Å². The molecule has 2 aromatic rings. The fraction of sp³-hybridized carbons (Fsp3) is 0.0909. The Morgan fingerprint density at radius 3 is 2.46 bits per heavy atom. The largest absolute Gasteiger partial charge is 0.338 e. The van der Waals surface area contributed by atoms with Crippen LogP contribution in [0.2, 0.25) is 0 Å². The van der Waals surface area contributed by atoms with Gasteiger partial charge in [-0.3, -0.25) is 0 Å². The van der Waals surface area contributed by atoms with Gasteiger partial charge in [0.2, 0.25) is 0 Å². The lowest BCUT2D eigenvalue weighted by atomic mass is 10.1. The molecule has 2 rings (SSSR count). The molecular weight excluding hydrogens is 164 g/mol. The van der Waals surface area contributed by atoms with Gasteiger partial charge < -0.3 is 4.89 Å². The molecule has 0 bridgehead atoms. The van der Waals surface area contributed by atoms with Gasteiger partial charge in [0.1, 0.15) is 0 Å². The van der Waals surface area contributed by atoms with E-state index in [1.165, 1.54) is 12.5 Å². The van der Waals surface area contributed by atoms with Crippen molar-refractivity contribution < 1.29 is 9.78 Å². The molecule has 0 radical (unpaired) electrons. The molecule has 0 fully saturated rings. The van der Waals surface area contributed by atoms with Gasteiger partial charge in [0.15, 0.2) is 5.75 Å². The second-order valence-electron chi connectivity index (χ2n) is 2.76. The molecule has 2 aromatic carbocycles. The first-order valence-corrected chi connectivity index (χ1v) is 4.09. The lowest BCUT2D eigenvalue weighted by Crippen LogP contribution is -1.89. The van der Waals surface area contributed by atoms with Crippen LogP contribution in [0.1, 0.15) is 0 Å². The Labute approximate surface area is 76.6 Å². The fourth-order valence-electron chi connectivity index (χ4n) is 1.32. The Morgan fingerprint density at radius 1 is 0.923 bits per heavy atom. The van der Waals surface area contributed by atoms with Gasteiger partial charge >= 0.3 is 0 Å². The van der Waals surface area contributed by atoms with Crippen LogP contribution in [0.4, 0.5) is 0 Å². The van der Waals surface area contributed by atoms with Gasteiger partial charge in [0, 0.05) is 0 Å². The Bertz CT molecular complexity index is 410. The van der Waals surface area contributed by atoms with Gasteiger partial charge in [0.05, 0.1) is 7.11 Å². The zero-order valence-corrected chi connectivity index (χ0v) is 7.36. The maximum Gasteiger partial charge on any atom is 0.166 e. The fourth-order valence-corrected chi connectivity index (χ4v) is 1.32. The molecule has 0 amide bonds. The first-order chi connectivity index (χ1) is 6.40. The normalized spacial score (nSPS) is 10.2. The van der Waals surface area contributed by atoms with E-state index in [9.17, 15) is 0 Å². The molecule has 0 atom stereocenters. The highest BCUT2D eigenvalue weighted by molar-refractivity contribution is 5.83. The van der Waals surface area contributed by atoms with Gasteiger partial charge in [-0.05, 0) is 22.9 Å². The van der Waals surface area contributed by atoms with Crippen molar-refractivity contribution in [2.45, 2.75) is 0 Å². The summed E-state index contributed by atoms with van der Waals surface area (Å²) in [5.74, 6) is 0.723. The van der Waals surface area contributed by atoms with Crippen LogP contribution in [-0.4, -0.2) is 7.11 Å². The zero-order chi connectivity index (χ0) is 9.10. The number of hydrogen-bond donors (Lipinski definition) is 0. The zero-order valence-electron chi connectivity index (χ0n) is 7.36. The van der Waals surface area contributed by atoms with Crippen LogP contribution in [0.25, 0.3) is 10.8 Å². The highest BCUT2D eigenvalue weighted by Crippen LogP contribution is 2.20. The molecule has 0 saturated heterocycles. The van der Waals surface area contributed by atoms with Gasteiger partial charge in [-0.15, -0.1) is 0 Å². The van der Waals surface area contributed by atoms with Crippen molar-refractivity contribution >= 4 is 10.8 Å². The quantitative estimate of drug-likeness (QED) is 0.515. The van der Waals surface area contributed by atoms with Crippen LogP contribution in [-0.2, 0) is 4.89 Å². The van der Waals surface area contributed by atoms with Gasteiger partial charge in [-0.2, -0.15) is 4.89 Å². The maximum atomic E-state index is 4.91. The van der Waals surface area contributed by atoms with Gasteiger partial charge in [-0.1, -0.05) is 30.3 Å². The summed E-state index contributed by atoms with van der Waals surface area (Å²) in [5.41, 5.74) is 0. The minimum Gasteiger partial charge on any atom is -0.338 e. The SMILES string of the molecule is COOc1ccc2ccccc2c1. The Morgan fingerprint density at radius 2 is 1.69 bits per heavy atom. The van der Waals surface area contributed by atoms with Crippen molar-refractivity contribution in [1.82, 2.24) is 0 Å². The first-order valence-electron chi connectivity index (χ1n) is 4.09. The third-order valence-corrected chi connectivity index (χ3v) is 1.90. The van der Waals surface area contributed by atoms with Crippen LogP contribution in [0, 0.1) is 0 Å². The van der Waals surface area contributed by atoms with E-state index in [2.05, 4.69) is 11.0 Å². The minimum absolute atomic E-state index is 0.723. The Kier molecular flexibility index (Phi) is 2.15. The molecule has 0 aliphatic rings. The lowest BCUT2D eigenvalue weighted by molar-refractivity contribution is -0.178. The molecular formula is C11H10O2. The summed E-state index contributed by atoms with van der Waals surface area (Å²) < 4.78 is 0. The smallest absolute Gasteiger partial charge is 0.166 e. The topological polar surface area (TPSA) is 18.5 Å². The first kappa shape index (κ1) is 8.08. The minimum atomic E-state index is 0.723. The summed E-state index contributed by atoms with van der Waals surface area (Å²) in [7, 11) is 1.50. The number of hydrogen-bond acceptors (Lipinski definition) is 2. The third kappa shape index (κ3) is 1.63. The molecule has 66 valence electrons. The van der Waals surface area contributed by atoms with Crippen molar-refractivity contribution in [2.75, 3.05) is 7.11 Å². The van der Waals surface area contributed by atoms with Crippen LogP contribution in [0.15, 0.2) is 42.5 Å². The van der Waals surface area contributed by atoms with Crippen molar-refractivity contribution in [2.24, 2.45) is 0 Å². The highest BCUT2D eigenvalue weighted by atomic mass is 17.2. The second-order valence-corrected chi connectivity index (χ2v) is 2.76. The molecule has 0 aliphatic heterocycles. The van der Waals surface area contributed by atoms with Crippen molar-refractivity contribution in [1.29, 1.82) is 0 Å². The molecule has 0 spiro atoms. The van der Waals surface area contributed by atoms with Crippen LogP contribution >= 0.6 is 0 Å². The molecule has 0 heterocycles. The van der Waals surface area contributed by atoms with Crippen LogP contribution in [0.3, 0.4) is 0 Å². The molecule has 0 aliphatic carbocycles. The molecule has 13 heavy (non-hydrogen) atoms. The highest BCUT2D eigenvalue weighted by Gasteiger charge is 1.95. The number of rotatable bonds is 2. The second kappa shape index (κ2) is 3.46. The summed E-state index contributed by atoms with van der Waals surface area (Å²) >= 11 is 0. The van der Waals surface area contributed by atoms with E-state index in [-0.39, 0.29) is 0 Å². The van der Waals surface area contributed by atoms with Crippen molar-refractivity contribution in [3.8, 4) is 5.75 Å². The predicted molar refractivity (Wildman–Crippen MR) is 51.6 cm³/mol. The number of benzene rings is 2. The molecule has 0 N–H and O–H groups in total. The molecule has 2 nitrogen and oxygen atoms in total. The summed E-state index contributed by atoms with van der Waals surface area (Å²) in [6.07, 6.45) is 0. The van der Waals surface area contributed by atoms with E-state index in [0.29, 0.717) is 0 Å².